The summed E-state index contributed by atoms with van der Waals surface area (Å²) in [4.78, 5) is 32.2. The zero-order chi connectivity index (χ0) is 11.4. The first-order chi connectivity index (χ1) is 6.28. The summed E-state index contributed by atoms with van der Waals surface area (Å²) in [5.74, 6) is -2.39. The summed E-state index contributed by atoms with van der Waals surface area (Å²) < 4.78 is 0. The van der Waals surface area contributed by atoms with Crippen LogP contribution in [-0.4, -0.2) is 29.4 Å². The van der Waals surface area contributed by atoms with Gasteiger partial charge in [0.1, 0.15) is 5.41 Å². The number of carbonyl (C=O) groups excluding carboxylic acids is 2. The first-order valence-corrected chi connectivity index (χ1v) is 4.08. The van der Waals surface area contributed by atoms with Gasteiger partial charge in [-0.3, -0.25) is 14.4 Å². The van der Waals surface area contributed by atoms with Crippen LogP contribution in [-0.2, 0) is 14.4 Å². The van der Waals surface area contributed by atoms with E-state index < -0.39 is 23.2 Å². The number of carboxylic acids is 1. The summed E-state index contributed by atoms with van der Waals surface area (Å²) in [5, 5.41) is 11.0. The maximum atomic E-state index is 11.2. The molecule has 0 rings (SSSR count). The Kier molecular flexibility index (Phi) is 4.07. The molecule has 4 N–H and O–H groups in total. The Morgan fingerprint density at radius 2 is 1.86 bits per heavy atom. The number of hydrogen-bond acceptors (Lipinski definition) is 3. The van der Waals surface area contributed by atoms with Crippen LogP contribution < -0.4 is 11.1 Å². The van der Waals surface area contributed by atoms with Crippen LogP contribution in [0.5, 0.6) is 0 Å². The summed E-state index contributed by atoms with van der Waals surface area (Å²) in [6, 6.07) is 0. The van der Waals surface area contributed by atoms with E-state index in [1.807, 2.05) is 0 Å². The second-order valence-corrected chi connectivity index (χ2v) is 3.40. The zero-order valence-corrected chi connectivity index (χ0v) is 8.16. The number of carbonyl (C=O) groups is 3. The number of primary amides is 1. The average molecular weight is 202 g/mol. The Hall–Kier alpha value is -1.59. The van der Waals surface area contributed by atoms with Gasteiger partial charge < -0.3 is 16.2 Å². The molecule has 0 aromatic rings. The van der Waals surface area contributed by atoms with E-state index in [1.165, 1.54) is 13.8 Å². The zero-order valence-electron chi connectivity index (χ0n) is 8.16. The van der Waals surface area contributed by atoms with Gasteiger partial charge in [0.15, 0.2) is 0 Å². The minimum atomic E-state index is -1.49. The summed E-state index contributed by atoms with van der Waals surface area (Å²) in [5.41, 5.74) is 3.35. The number of nitrogens with two attached hydrogens (primary N) is 1. The van der Waals surface area contributed by atoms with Crippen LogP contribution in [0.3, 0.4) is 0 Å². The fraction of sp³-hybridized carbons (Fsp3) is 0.625. The molecule has 6 heteroatoms. The highest BCUT2D eigenvalue weighted by Crippen LogP contribution is 2.14. The normalized spacial score (nSPS) is 10.7. The topological polar surface area (TPSA) is 109 Å². The molecule has 0 aromatic carbocycles. The van der Waals surface area contributed by atoms with Crippen molar-refractivity contribution in [3.05, 3.63) is 0 Å². The van der Waals surface area contributed by atoms with Crippen LogP contribution in [0.15, 0.2) is 0 Å². The number of aliphatic carboxylic acids is 1. The fourth-order valence-corrected chi connectivity index (χ4v) is 0.617. The second kappa shape index (κ2) is 4.59. The maximum Gasteiger partial charge on any atom is 0.318 e. The van der Waals surface area contributed by atoms with Crippen LogP contribution in [0.1, 0.15) is 20.3 Å². The molecule has 0 aliphatic rings. The smallest absolute Gasteiger partial charge is 0.318 e. The van der Waals surface area contributed by atoms with E-state index in [-0.39, 0.29) is 13.0 Å². The van der Waals surface area contributed by atoms with Crippen molar-refractivity contribution in [3.8, 4) is 0 Å². The summed E-state index contributed by atoms with van der Waals surface area (Å²) in [6.45, 7) is 2.63. The third-order valence-electron chi connectivity index (χ3n) is 1.76. The van der Waals surface area contributed by atoms with Gasteiger partial charge in [0.05, 0.1) is 0 Å². The fourth-order valence-electron chi connectivity index (χ4n) is 0.617. The molecule has 0 atom stereocenters. The predicted molar refractivity (Wildman–Crippen MR) is 48.2 cm³/mol. The molecular formula is C8H14N2O4. The van der Waals surface area contributed by atoms with Crippen LogP contribution in [0, 0.1) is 5.41 Å². The average Bonchev–Trinajstić information content (AvgIpc) is 2.02. The van der Waals surface area contributed by atoms with Crippen molar-refractivity contribution >= 4 is 17.8 Å². The highest BCUT2D eigenvalue weighted by Gasteiger charge is 2.35. The van der Waals surface area contributed by atoms with Crippen molar-refractivity contribution in [3.63, 3.8) is 0 Å². The third kappa shape index (κ3) is 3.42. The molecule has 0 aliphatic heterocycles. The molecule has 6 nitrogen and oxygen atoms in total. The second-order valence-electron chi connectivity index (χ2n) is 3.40. The number of nitrogens with one attached hydrogen (secondary N) is 1. The summed E-state index contributed by atoms with van der Waals surface area (Å²) in [7, 11) is 0. The molecule has 0 unspecified atom stereocenters. The van der Waals surface area contributed by atoms with Crippen molar-refractivity contribution in [2.75, 3.05) is 6.54 Å². The molecule has 0 saturated carbocycles. The Labute approximate surface area is 81.5 Å². The number of hydrogen-bond donors (Lipinski definition) is 3. The molecule has 0 radical (unpaired) electrons. The molecule has 2 amide bonds. The number of amides is 2. The van der Waals surface area contributed by atoms with Crippen molar-refractivity contribution in [1.29, 1.82) is 0 Å². The molecule has 0 heterocycles. The van der Waals surface area contributed by atoms with Crippen LogP contribution in [0.4, 0.5) is 0 Å². The Morgan fingerprint density at radius 3 is 2.21 bits per heavy atom. The first-order valence-electron chi connectivity index (χ1n) is 4.08. The van der Waals surface area contributed by atoms with E-state index >= 15 is 0 Å². The van der Waals surface area contributed by atoms with E-state index in [0.717, 1.165) is 0 Å². The minimum Gasteiger partial charge on any atom is -0.480 e. The van der Waals surface area contributed by atoms with Gasteiger partial charge in [-0.2, -0.15) is 0 Å². The van der Waals surface area contributed by atoms with E-state index in [1.54, 1.807) is 0 Å². The van der Waals surface area contributed by atoms with E-state index in [2.05, 4.69) is 5.32 Å². The van der Waals surface area contributed by atoms with Gasteiger partial charge >= 0.3 is 5.97 Å². The van der Waals surface area contributed by atoms with Gasteiger partial charge in [-0.25, -0.2) is 0 Å². The van der Waals surface area contributed by atoms with Crippen molar-refractivity contribution < 1.29 is 19.5 Å². The van der Waals surface area contributed by atoms with Crippen LogP contribution in [0.25, 0.3) is 0 Å². The highest BCUT2D eigenvalue weighted by molar-refractivity contribution is 6.01. The molecule has 0 fully saturated rings. The molecular weight excluding hydrogens is 188 g/mol. The van der Waals surface area contributed by atoms with Crippen LogP contribution >= 0.6 is 0 Å². The van der Waals surface area contributed by atoms with Crippen LogP contribution in [0.2, 0.25) is 0 Å². The summed E-state index contributed by atoms with van der Waals surface area (Å²) in [6.07, 6.45) is 0.00143. The van der Waals surface area contributed by atoms with Gasteiger partial charge in [-0.05, 0) is 13.8 Å². The minimum absolute atomic E-state index is 0.00143. The Bertz CT molecular complexity index is 260. The van der Waals surface area contributed by atoms with Gasteiger partial charge in [0, 0.05) is 13.0 Å². The summed E-state index contributed by atoms with van der Waals surface area (Å²) >= 11 is 0. The highest BCUT2D eigenvalue weighted by atomic mass is 16.4. The lowest BCUT2D eigenvalue weighted by Crippen LogP contribution is -2.43. The molecule has 0 spiro atoms. The van der Waals surface area contributed by atoms with E-state index in [9.17, 15) is 14.4 Å². The quantitative estimate of drug-likeness (QED) is 0.501. The lowest BCUT2D eigenvalue weighted by atomic mass is 9.93. The molecule has 0 aromatic heterocycles. The van der Waals surface area contributed by atoms with Gasteiger partial charge in [-0.15, -0.1) is 0 Å². The Morgan fingerprint density at radius 1 is 1.36 bits per heavy atom. The number of rotatable bonds is 5. The largest absolute Gasteiger partial charge is 0.480 e. The lowest BCUT2D eigenvalue weighted by molar-refractivity contribution is -0.153. The molecule has 80 valence electrons. The SMILES string of the molecule is CC(C)(C(=O)O)C(=O)NCCC(N)=O. The van der Waals surface area contributed by atoms with E-state index in [0.29, 0.717) is 0 Å². The monoisotopic (exact) mass is 202 g/mol. The first kappa shape index (κ1) is 12.4. The lowest BCUT2D eigenvalue weighted by Gasteiger charge is -2.17. The van der Waals surface area contributed by atoms with Crippen molar-refractivity contribution in [2.45, 2.75) is 20.3 Å². The van der Waals surface area contributed by atoms with Gasteiger partial charge in [0.2, 0.25) is 11.8 Å². The molecule has 0 saturated heterocycles. The van der Waals surface area contributed by atoms with Gasteiger partial charge in [-0.1, -0.05) is 0 Å². The molecule has 14 heavy (non-hydrogen) atoms. The molecule has 0 aliphatic carbocycles. The van der Waals surface area contributed by atoms with E-state index in [4.69, 9.17) is 10.8 Å². The third-order valence-corrected chi connectivity index (χ3v) is 1.76. The van der Waals surface area contributed by atoms with Crippen molar-refractivity contribution in [2.24, 2.45) is 11.1 Å². The van der Waals surface area contributed by atoms with Gasteiger partial charge in [0.25, 0.3) is 0 Å². The predicted octanol–water partition coefficient (Wildman–Crippen LogP) is -0.911. The Balaban J connectivity index is 4.09. The molecule has 0 bridgehead atoms. The standard InChI is InChI=1S/C8H14N2O4/c1-8(2,7(13)14)6(12)10-4-3-5(9)11/h3-4H2,1-2H3,(H2,9,11)(H,10,12)(H,13,14). The van der Waals surface area contributed by atoms with Crippen molar-refractivity contribution in [1.82, 2.24) is 5.32 Å². The maximum absolute atomic E-state index is 11.2. The number of carboxylic acid groups (broad SMARTS) is 1.